The van der Waals surface area contributed by atoms with E-state index >= 15 is 0 Å². The molecule has 1 saturated carbocycles. The first-order valence-corrected chi connectivity index (χ1v) is 13.6. The molecule has 2 aromatic carbocycles. The van der Waals surface area contributed by atoms with E-state index in [1.165, 1.54) is 23.5 Å². The highest BCUT2D eigenvalue weighted by molar-refractivity contribution is 7.87. The number of anilines is 1. The second kappa shape index (κ2) is 11.1. The molecule has 2 amide bonds. The first kappa shape index (κ1) is 25.6. The molecule has 0 aliphatic heterocycles. The summed E-state index contributed by atoms with van der Waals surface area (Å²) in [5.41, 5.74) is 2.48. The Hall–Kier alpha value is -3.48. The first-order chi connectivity index (χ1) is 17.2. The molecule has 0 bridgehead atoms. The van der Waals surface area contributed by atoms with Crippen molar-refractivity contribution < 1.29 is 27.7 Å². The fourth-order valence-electron chi connectivity index (χ4n) is 3.78. The fourth-order valence-corrected chi connectivity index (χ4v) is 5.26. The Labute approximate surface area is 212 Å². The van der Waals surface area contributed by atoms with Gasteiger partial charge in [0.25, 0.3) is 0 Å². The van der Waals surface area contributed by atoms with E-state index in [-0.39, 0.29) is 12.1 Å². The Morgan fingerprint density at radius 1 is 1.00 bits per heavy atom. The van der Waals surface area contributed by atoms with Gasteiger partial charge in [0, 0.05) is 17.7 Å². The molecule has 4 rings (SSSR count). The monoisotopic (exact) mass is 530 g/mol. The zero-order valence-electron chi connectivity index (χ0n) is 19.1. The predicted octanol–water partition coefficient (Wildman–Crippen LogP) is 3.51. The normalized spacial score (nSPS) is 15.0. The van der Waals surface area contributed by atoms with Gasteiger partial charge in [-0.1, -0.05) is 42.5 Å². The molecule has 0 unspecified atom stereocenters. The molecule has 0 saturated heterocycles. The van der Waals surface area contributed by atoms with Gasteiger partial charge in [-0.2, -0.15) is 8.42 Å². The molecule has 1 aliphatic rings. The highest BCUT2D eigenvalue weighted by atomic mass is 32.2. The number of benzene rings is 2. The average molecular weight is 531 g/mol. The van der Waals surface area contributed by atoms with E-state index < -0.39 is 34.4 Å². The van der Waals surface area contributed by atoms with Crippen LogP contribution in [-0.4, -0.2) is 41.1 Å². The van der Waals surface area contributed by atoms with Crippen LogP contribution in [0.5, 0.6) is 0 Å². The Bertz CT molecular complexity index is 1310. The third-order valence-corrected chi connectivity index (χ3v) is 7.20. The van der Waals surface area contributed by atoms with Gasteiger partial charge < -0.3 is 15.7 Å². The zero-order chi connectivity index (χ0) is 25.7. The Kier molecular flexibility index (Phi) is 7.87. The van der Waals surface area contributed by atoms with Crippen LogP contribution in [0, 0.1) is 0 Å². The molecule has 2 atom stereocenters. The van der Waals surface area contributed by atoms with Crippen molar-refractivity contribution >= 4 is 39.3 Å². The summed E-state index contributed by atoms with van der Waals surface area (Å²) >= 11 is 1.54. The zero-order valence-corrected chi connectivity index (χ0v) is 20.8. The topological polar surface area (TPSA) is 158 Å². The van der Waals surface area contributed by atoms with Crippen LogP contribution in [0.15, 0.2) is 60.0 Å². The van der Waals surface area contributed by atoms with Crippen molar-refractivity contribution in [2.24, 2.45) is 0 Å². The summed E-state index contributed by atoms with van der Waals surface area (Å²) in [4.78, 5) is 29.4. The highest BCUT2D eigenvalue weighted by Gasteiger charge is 2.29. The quantitative estimate of drug-likeness (QED) is 0.237. The number of rotatable bonds is 11. The van der Waals surface area contributed by atoms with Gasteiger partial charge in [0.1, 0.15) is 6.04 Å². The summed E-state index contributed by atoms with van der Waals surface area (Å²) in [6.07, 6.45) is 1.42. The largest absolute Gasteiger partial charge is 0.465 e. The fraction of sp³-hybridized carbons (Fsp3) is 0.292. The molecule has 1 fully saturated rings. The Morgan fingerprint density at radius 2 is 1.67 bits per heavy atom. The van der Waals surface area contributed by atoms with E-state index in [0.717, 1.165) is 29.0 Å². The summed E-state index contributed by atoms with van der Waals surface area (Å²) < 4.78 is 33.0. The van der Waals surface area contributed by atoms with Gasteiger partial charge in [-0.05, 0) is 42.5 Å². The Balaban J connectivity index is 1.54. The number of nitrogens with zero attached hydrogens (tertiary/aromatic N) is 1. The molecular formula is C24H26N4O6S2. The van der Waals surface area contributed by atoms with Crippen molar-refractivity contribution in [1.29, 1.82) is 0 Å². The number of nitrogens with one attached hydrogen (secondary N) is 3. The number of hydrogen-bond acceptors (Lipinski definition) is 6. The van der Waals surface area contributed by atoms with Crippen LogP contribution in [0.3, 0.4) is 0 Å². The van der Waals surface area contributed by atoms with Crippen molar-refractivity contribution in [2.45, 2.75) is 43.7 Å². The smallest absolute Gasteiger partial charge is 0.405 e. The predicted molar refractivity (Wildman–Crippen MR) is 135 cm³/mol. The number of hydrogen-bond donors (Lipinski definition) is 5. The molecule has 190 valence electrons. The summed E-state index contributed by atoms with van der Waals surface area (Å²) in [6.45, 7) is 0. The number of thiazole rings is 1. The van der Waals surface area contributed by atoms with Crippen molar-refractivity contribution in [3.8, 4) is 0 Å². The molecule has 10 nitrogen and oxygen atoms in total. The van der Waals surface area contributed by atoms with Crippen molar-refractivity contribution in [1.82, 2.24) is 15.6 Å². The SMILES string of the molecule is O=C(O)N[C@@H](Cc1ccccc1)C(=O)N[C@@H](Cc1ccc(NS(=O)(=O)O)cc1)c1csc(C2CC2)n1. The molecule has 0 spiro atoms. The number of carbonyl (C=O) groups is 2. The third-order valence-electron chi connectivity index (χ3n) is 5.68. The first-order valence-electron chi connectivity index (χ1n) is 11.3. The second-order valence-corrected chi connectivity index (χ2v) is 10.7. The number of amides is 2. The summed E-state index contributed by atoms with van der Waals surface area (Å²) in [7, 11) is -4.39. The van der Waals surface area contributed by atoms with Crippen LogP contribution in [0.25, 0.3) is 0 Å². The molecular weight excluding hydrogens is 504 g/mol. The van der Waals surface area contributed by atoms with Gasteiger partial charge in [-0.3, -0.25) is 14.1 Å². The van der Waals surface area contributed by atoms with E-state index in [1.54, 1.807) is 12.1 Å². The minimum atomic E-state index is -4.39. The van der Waals surface area contributed by atoms with E-state index in [4.69, 9.17) is 9.54 Å². The molecule has 36 heavy (non-hydrogen) atoms. The molecule has 3 aromatic rings. The van der Waals surface area contributed by atoms with Gasteiger partial charge in [0.05, 0.1) is 22.4 Å². The molecule has 1 aromatic heterocycles. The van der Waals surface area contributed by atoms with E-state index in [9.17, 15) is 23.1 Å². The van der Waals surface area contributed by atoms with Gasteiger partial charge in [0.2, 0.25) is 5.91 Å². The van der Waals surface area contributed by atoms with Gasteiger partial charge >= 0.3 is 16.4 Å². The number of aromatic nitrogens is 1. The molecule has 5 N–H and O–H groups in total. The Morgan fingerprint density at radius 3 is 2.28 bits per heavy atom. The number of carboxylic acid groups (broad SMARTS) is 1. The molecule has 0 radical (unpaired) electrons. The standard InChI is InChI=1S/C24H26N4O6S2/c29-22(20(27-24(30)31)13-15-4-2-1-3-5-15)25-19(21-14-35-23(26-21)17-8-9-17)12-16-6-10-18(11-7-16)28-36(32,33)34/h1-7,10-11,14,17,19-20,27-28H,8-9,12-13H2,(H,25,29)(H,30,31)(H,32,33,34)/t19-,20-/m0/s1. The van der Waals surface area contributed by atoms with Crippen LogP contribution in [0.2, 0.25) is 0 Å². The maximum Gasteiger partial charge on any atom is 0.405 e. The third kappa shape index (κ3) is 7.51. The molecule has 12 heteroatoms. The van der Waals surface area contributed by atoms with Gasteiger partial charge in [0.15, 0.2) is 0 Å². The lowest BCUT2D eigenvalue weighted by Crippen LogP contribution is -2.48. The van der Waals surface area contributed by atoms with Gasteiger partial charge in [-0.25, -0.2) is 9.78 Å². The maximum absolute atomic E-state index is 13.3. The van der Waals surface area contributed by atoms with Crippen LogP contribution in [0.1, 0.15) is 46.6 Å². The van der Waals surface area contributed by atoms with Crippen LogP contribution >= 0.6 is 11.3 Å². The second-order valence-electron chi connectivity index (χ2n) is 8.62. The van der Waals surface area contributed by atoms with E-state index in [0.29, 0.717) is 18.0 Å². The minimum Gasteiger partial charge on any atom is -0.465 e. The maximum atomic E-state index is 13.3. The lowest BCUT2D eigenvalue weighted by Gasteiger charge is -2.22. The van der Waals surface area contributed by atoms with Crippen LogP contribution in [0.4, 0.5) is 10.5 Å². The summed E-state index contributed by atoms with van der Waals surface area (Å²) in [5, 5.41) is 17.5. The van der Waals surface area contributed by atoms with Crippen molar-refractivity contribution in [2.75, 3.05) is 4.72 Å². The van der Waals surface area contributed by atoms with E-state index in [2.05, 4.69) is 10.6 Å². The van der Waals surface area contributed by atoms with Crippen LogP contribution in [-0.2, 0) is 27.9 Å². The lowest BCUT2D eigenvalue weighted by atomic mass is 10.0. The summed E-state index contributed by atoms with van der Waals surface area (Å²) in [5.74, 6) is -0.0257. The lowest BCUT2D eigenvalue weighted by molar-refractivity contribution is -0.123. The molecule has 1 aliphatic carbocycles. The van der Waals surface area contributed by atoms with Gasteiger partial charge in [-0.15, -0.1) is 11.3 Å². The minimum absolute atomic E-state index is 0.187. The van der Waals surface area contributed by atoms with Crippen molar-refractivity contribution in [3.63, 3.8) is 0 Å². The van der Waals surface area contributed by atoms with Crippen molar-refractivity contribution in [3.05, 3.63) is 81.8 Å². The van der Waals surface area contributed by atoms with E-state index in [1.807, 2.05) is 40.4 Å². The summed E-state index contributed by atoms with van der Waals surface area (Å²) in [6, 6.07) is 14.0. The molecule has 1 heterocycles. The number of carbonyl (C=O) groups excluding carboxylic acids is 1. The van der Waals surface area contributed by atoms with Crippen LogP contribution < -0.4 is 15.4 Å². The highest BCUT2D eigenvalue weighted by Crippen LogP contribution is 2.42. The average Bonchev–Trinajstić information content (AvgIpc) is 3.55.